The molecule has 1 rings (SSSR count). The number of nitrogens with zero attached hydrogens (tertiary/aromatic N) is 2. The molecular formula is C7H11N3O2S. The predicted octanol–water partition coefficient (Wildman–Crippen LogP) is 0.812. The van der Waals surface area contributed by atoms with Gasteiger partial charge in [-0.15, -0.1) is 0 Å². The molecule has 0 aliphatic heterocycles. The van der Waals surface area contributed by atoms with E-state index < -0.39 is 0 Å². The van der Waals surface area contributed by atoms with Crippen LogP contribution in [0.3, 0.4) is 0 Å². The number of hydrogen-bond donors (Lipinski definition) is 1. The van der Waals surface area contributed by atoms with Crippen LogP contribution in [0, 0.1) is 11.7 Å². The highest BCUT2D eigenvalue weighted by Crippen LogP contribution is 1.96. The Bertz CT molecular complexity index is 355. The molecule has 0 amide bonds. The maximum atomic E-state index is 11.1. The number of nitrogens with one attached hydrogen (secondary N) is 1. The maximum absolute atomic E-state index is 11.1. The third-order valence-electron chi connectivity index (χ3n) is 1.54. The summed E-state index contributed by atoms with van der Waals surface area (Å²) in [5.41, 5.74) is 0. The smallest absolute Gasteiger partial charge is 0.326 e. The molecule has 0 saturated carbocycles. The van der Waals surface area contributed by atoms with Gasteiger partial charge in [-0.05, 0) is 26.1 Å². The summed E-state index contributed by atoms with van der Waals surface area (Å²) in [6.45, 7) is 4.03. The van der Waals surface area contributed by atoms with E-state index in [0.717, 1.165) is 0 Å². The fourth-order valence-corrected chi connectivity index (χ4v) is 1.16. The van der Waals surface area contributed by atoms with Crippen molar-refractivity contribution in [3.8, 4) is 0 Å². The summed E-state index contributed by atoms with van der Waals surface area (Å²) in [4.78, 5) is 11.1. The summed E-state index contributed by atoms with van der Waals surface area (Å²) >= 11 is 4.91. The average Bonchev–Trinajstić information content (AvgIpc) is 2.36. The monoisotopic (exact) mass is 201 g/mol. The fourth-order valence-electron chi connectivity index (χ4n) is 0.918. The quantitative estimate of drug-likeness (QED) is 0.580. The molecule has 1 heterocycles. The molecule has 0 unspecified atom stereocenters. The SMILES string of the molecule is CCOC(=O)Cn1c(C)n[nH]c1=S. The van der Waals surface area contributed by atoms with E-state index in [-0.39, 0.29) is 12.5 Å². The van der Waals surface area contributed by atoms with Gasteiger partial charge in [0.1, 0.15) is 12.4 Å². The average molecular weight is 201 g/mol. The minimum atomic E-state index is -0.303. The van der Waals surface area contributed by atoms with Crippen molar-refractivity contribution in [2.45, 2.75) is 20.4 Å². The van der Waals surface area contributed by atoms with Gasteiger partial charge in [-0.2, -0.15) is 5.10 Å². The molecule has 0 aliphatic rings. The van der Waals surface area contributed by atoms with Crippen molar-refractivity contribution in [2.75, 3.05) is 6.61 Å². The second-order valence-corrected chi connectivity index (χ2v) is 2.85. The Labute approximate surface area is 80.7 Å². The minimum absolute atomic E-state index is 0.120. The molecule has 1 N–H and O–H groups in total. The number of H-pyrrole nitrogens is 1. The number of esters is 1. The van der Waals surface area contributed by atoms with E-state index in [1.165, 1.54) is 0 Å². The molecular weight excluding hydrogens is 190 g/mol. The summed E-state index contributed by atoms with van der Waals surface area (Å²) in [7, 11) is 0. The number of aryl methyl sites for hydroxylation is 1. The third kappa shape index (κ3) is 2.38. The van der Waals surface area contributed by atoms with Crippen LogP contribution in [0.4, 0.5) is 0 Å². The van der Waals surface area contributed by atoms with Crippen LogP contribution in [0.5, 0.6) is 0 Å². The van der Waals surface area contributed by atoms with Crippen LogP contribution in [0.15, 0.2) is 0 Å². The molecule has 1 aromatic heterocycles. The van der Waals surface area contributed by atoms with Gasteiger partial charge >= 0.3 is 5.97 Å². The number of aromatic nitrogens is 3. The van der Waals surface area contributed by atoms with Crippen molar-refractivity contribution in [1.29, 1.82) is 0 Å². The highest BCUT2D eigenvalue weighted by molar-refractivity contribution is 7.71. The Morgan fingerprint density at radius 2 is 2.46 bits per heavy atom. The number of ether oxygens (including phenoxy) is 1. The van der Waals surface area contributed by atoms with Crippen molar-refractivity contribution >= 4 is 18.2 Å². The first kappa shape index (κ1) is 9.91. The maximum Gasteiger partial charge on any atom is 0.326 e. The summed E-state index contributed by atoms with van der Waals surface area (Å²) in [5.74, 6) is 0.376. The molecule has 0 aliphatic carbocycles. The van der Waals surface area contributed by atoms with Gasteiger partial charge < -0.3 is 4.74 Å². The Morgan fingerprint density at radius 1 is 1.77 bits per heavy atom. The summed E-state index contributed by atoms with van der Waals surface area (Å²) in [5, 5.41) is 6.46. The van der Waals surface area contributed by atoms with Crippen LogP contribution in [-0.4, -0.2) is 27.3 Å². The number of carbonyl (C=O) groups is 1. The van der Waals surface area contributed by atoms with E-state index in [1.807, 2.05) is 0 Å². The van der Waals surface area contributed by atoms with Crippen LogP contribution >= 0.6 is 12.2 Å². The van der Waals surface area contributed by atoms with Gasteiger partial charge in [-0.25, -0.2) is 0 Å². The molecule has 6 heteroatoms. The van der Waals surface area contributed by atoms with Crippen LogP contribution in [0.25, 0.3) is 0 Å². The van der Waals surface area contributed by atoms with Crippen LogP contribution in [0.1, 0.15) is 12.7 Å². The molecule has 0 bridgehead atoms. The Kier molecular flexibility index (Phi) is 3.18. The van der Waals surface area contributed by atoms with Crippen LogP contribution in [-0.2, 0) is 16.1 Å². The van der Waals surface area contributed by atoms with Crippen molar-refractivity contribution in [1.82, 2.24) is 14.8 Å². The van der Waals surface area contributed by atoms with Gasteiger partial charge in [0, 0.05) is 0 Å². The first-order chi connectivity index (χ1) is 6.15. The summed E-state index contributed by atoms with van der Waals surface area (Å²) < 4.78 is 6.80. The third-order valence-corrected chi connectivity index (χ3v) is 1.85. The second kappa shape index (κ2) is 4.18. The van der Waals surface area contributed by atoms with E-state index in [2.05, 4.69) is 10.2 Å². The lowest BCUT2D eigenvalue weighted by Crippen LogP contribution is -2.14. The summed E-state index contributed by atoms with van der Waals surface area (Å²) in [6.07, 6.45) is 0. The largest absolute Gasteiger partial charge is 0.465 e. The Morgan fingerprint density at radius 3 is 2.92 bits per heavy atom. The van der Waals surface area contributed by atoms with Gasteiger partial charge in [0.15, 0.2) is 4.77 Å². The zero-order chi connectivity index (χ0) is 9.84. The lowest BCUT2D eigenvalue weighted by atomic mass is 10.6. The molecule has 0 spiro atoms. The second-order valence-electron chi connectivity index (χ2n) is 2.47. The van der Waals surface area contributed by atoms with E-state index >= 15 is 0 Å². The van der Waals surface area contributed by atoms with Crippen molar-refractivity contribution in [2.24, 2.45) is 0 Å². The Hall–Kier alpha value is -1.17. The fraction of sp³-hybridized carbons (Fsp3) is 0.571. The standard InChI is InChI=1S/C7H11N3O2S/c1-3-12-6(11)4-10-5(2)8-9-7(10)13/h3-4H2,1-2H3,(H,9,13). The lowest BCUT2D eigenvalue weighted by Gasteiger charge is -2.02. The number of carbonyl (C=O) groups excluding carboxylic acids is 1. The first-order valence-electron chi connectivity index (χ1n) is 3.92. The van der Waals surface area contributed by atoms with Crippen molar-refractivity contribution in [3.63, 3.8) is 0 Å². The van der Waals surface area contributed by atoms with E-state index in [9.17, 15) is 4.79 Å². The topological polar surface area (TPSA) is 59.9 Å². The Balaban J connectivity index is 2.74. The molecule has 0 fully saturated rings. The summed E-state index contributed by atoms with van der Waals surface area (Å²) in [6, 6.07) is 0. The number of hydrogen-bond acceptors (Lipinski definition) is 4. The van der Waals surface area contributed by atoms with Gasteiger partial charge in [0.05, 0.1) is 6.61 Å². The molecule has 13 heavy (non-hydrogen) atoms. The zero-order valence-corrected chi connectivity index (χ0v) is 8.35. The minimum Gasteiger partial charge on any atom is -0.465 e. The van der Waals surface area contributed by atoms with E-state index in [1.54, 1.807) is 18.4 Å². The number of rotatable bonds is 3. The highest BCUT2D eigenvalue weighted by atomic mass is 32.1. The highest BCUT2D eigenvalue weighted by Gasteiger charge is 2.06. The normalized spacial score (nSPS) is 10.0. The molecule has 72 valence electrons. The molecule has 5 nitrogen and oxygen atoms in total. The van der Waals surface area contributed by atoms with Gasteiger partial charge in [-0.1, -0.05) is 0 Å². The van der Waals surface area contributed by atoms with Gasteiger partial charge in [-0.3, -0.25) is 14.5 Å². The molecule has 0 atom stereocenters. The molecule has 0 aromatic carbocycles. The molecule has 0 radical (unpaired) electrons. The predicted molar refractivity (Wildman–Crippen MR) is 48.8 cm³/mol. The lowest BCUT2D eigenvalue weighted by molar-refractivity contribution is -0.143. The molecule has 1 aromatic rings. The first-order valence-corrected chi connectivity index (χ1v) is 4.33. The van der Waals surface area contributed by atoms with Crippen LogP contribution in [0.2, 0.25) is 0 Å². The van der Waals surface area contributed by atoms with Gasteiger partial charge in [0.25, 0.3) is 0 Å². The zero-order valence-electron chi connectivity index (χ0n) is 7.53. The van der Waals surface area contributed by atoms with Gasteiger partial charge in [0.2, 0.25) is 0 Å². The van der Waals surface area contributed by atoms with Crippen LogP contribution < -0.4 is 0 Å². The van der Waals surface area contributed by atoms with E-state index in [4.69, 9.17) is 17.0 Å². The van der Waals surface area contributed by atoms with Crippen molar-refractivity contribution < 1.29 is 9.53 Å². The van der Waals surface area contributed by atoms with Crippen molar-refractivity contribution in [3.05, 3.63) is 10.6 Å². The van der Waals surface area contributed by atoms with E-state index in [0.29, 0.717) is 17.2 Å². The number of aromatic amines is 1. The molecule has 0 saturated heterocycles.